The van der Waals surface area contributed by atoms with Crippen molar-refractivity contribution in [3.8, 4) is 10.6 Å². The van der Waals surface area contributed by atoms with Crippen molar-refractivity contribution in [3.63, 3.8) is 0 Å². The van der Waals surface area contributed by atoms with Crippen LogP contribution in [0, 0.1) is 0 Å². The van der Waals surface area contributed by atoms with Crippen molar-refractivity contribution < 1.29 is 22.8 Å². The minimum Gasteiger partial charge on any atom is -0.346 e. The highest BCUT2D eigenvalue weighted by atomic mass is 32.2. The van der Waals surface area contributed by atoms with E-state index >= 15 is 0 Å². The molecule has 4 rings (SSSR count). The van der Waals surface area contributed by atoms with Crippen LogP contribution in [0.15, 0.2) is 60.0 Å². The highest BCUT2D eigenvalue weighted by Gasteiger charge is 2.33. The van der Waals surface area contributed by atoms with Crippen LogP contribution in [0.2, 0.25) is 0 Å². The number of hydrogen-bond donors (Lipinski definition) is 3. The second-order valence-electron chi connectivity index (χ2n) is 8.45. The average Bonchev–Trinajstić information content (AvgIpc) is 3.38. The summed E-state index contributed by atoms with van der Waals surface area (Å²) in [6.07, 6.45) is 0.393. The molecule has 1 aliphatic rings. The van der Waals surface area contributed by atoms with E-state index in [1.165, 1.54) is 21.1 Å². The number of hydrogen-bond acceptors (Lipinski definition) is 7. The van der Waals surface area contributed by atoms with Gasteiger partial charge in [-0.1, -0.05) is 42.5 Å². The number of aromatic nitrogens is 1. The van der Waals surface area contributed by atoms with Crippen LogP contribution in [0.25, 0.3) is 10.6 Å². The van der Waals surface area contributed by atoms with E-state index in [2.05, 4.69) is 10.0 Å². The van der Waals surface area contributed by atoms with E-state index in [0.29, 0.717) is 37.4 Å². The molecule has 10 nitrogen and oxygen atoms in total. The summed E-state index contributed by atoms with van der Waals surface area (Å²) in [5, 5.41) is 5.67. The van der Waals surface area contributed by atoms with Crippen LogP contribution in [-0.4, -0.2) is 67.1 Å². The van der Waals surface area contributed by atoms with E-state index in [1.54, 1.807) is 31.2 Å². The van der Waals surface area contributed by atoms with Crippen LogP contribution < -0.4 is 10.0 Å². The first kappa shape index (κ1) is 26.3. The number of amides is 3. The molecule has 0 spiro atoms. The Morgan fingerprint density at radius 1 is 1.03 bits per heavy atom. The number of rotatable bonds is 10. The Morgan fingerprint density at radius 2 is 1.70 bits per heavy atom. The molecule has 2 N–H and O–H groups in total. The molecule has 2 aromatic carbocycles. The van der Waals surface area contributed by atoms with Crippen molar-refractivity contribution in [1.82, 2.24) is 20.1 Å². The van der Waals surface area contributed by atoms with E-state index in [4.69, 9.17) is 4.98 Å². The zero-order valence-electron chi connectivity index (χ0n) is 20.1. The Labute approximate surface area is 220 Å². The van der Waals surface area contributed by atoms with Gasteiger partial charge < -0.3 is 15.1 Å². The van der Waals surface area contributed by atoms with Gasteiger partial charge in [0.05, 0.1) is 11.7 Å². The first-order valence-electron chi connectivity index (χ1n) is 11.7. The second-order valence-corrected chi connectivity index (χ2v) is 10.0. The predicted octanol–water partition coefficient (Wildman–Crippen LogP) is 1.84. The summed E-state index contributed by atoms with van der Waals surface area (Å²) in [6.45, 7) is 2.70. The first-order chi connectivity index (χ1) is 17.8. The minimum absolute atomic E-state index is 0.228. The van der Waals surface area contributed by atoms with Gasteiger partial charge in [-0.3, -0.25) is 19.1 Å². The Hall–Kier alpha value is -3.77. The number of thiol groups is 1. The van der Waals surface area contributed by atoms with Gasteiger partial charge in [-0.15, -0.1) is 11.3 Å². The van der Waals surface area contributed by atoms with Crippen molar-refractivity contribution in [2.24, 2.45) is 0 Å². The smallest absolute Gasteiger partial charge is 0.312 e. The molecule has 1 aliphatic heterocycles. The molecule has 0 aliphatic carbocycles. The maximum atomic E-state index is 13.0. The van der Waals surface area contributed by atoms with E-state index in [-0.39, 0.29) is 6.54 Å². The van der Waals surface area contributed by atoms with Crippen molar-refractivity contribution >= 4 is 45.6 Å². The molecule has 1 aromatic heterocycles. The van der Waals surface area contributed by atoms with Gasteiger partial charge >= 0.3 is 11.8 Å². The predicted molar refractivity (Wildman–Crippen MR) is 141 cm³/mol. The highest BCUT2D eigenvalue weighted by molar-refractivity contribution is 7.73. The molecule has 3 aromatic rings. The second kappa shape index (κ2) is 12.0. The summed E-state index contributed by atoms with van der Waals surface area (Å²) in [4.78, 5) is 45.1. The van der Waals surface area contributed by atoms with E-state index < -0.39 is 34.7 Å². The number of carbonyl (C=O) groups is 3. The summed E-state index contributed by atoms with van der Waals surface area (Å²) in [7, 11) is -2.77. The van der Waals surface area contributed by atoms with Gasteiger partial charge in [0.2, 0.25) is 16.8 Å². The molecule has 3 amide bonds. The molecule has 1 atom stereocenters. The van der Waals surface area contributed by atoms with E-state index in [1.807, 2.05) is 35.7 Å². The van der Waals surface area contributed by atoms with Gasteiger partial charge in [0.25, 0.3) is 0 Å². The van der Waals surface area contributed by atoms with Gasteiger partial charge in [-0.05, 0) is 31.0 Å². The Bertz CT molecular complexity index is 1330. The molecule has 1 fully saturated rings. The summed E-state index contributed by atoms with van der Waals surface area (Å²) in [5.74, 6) is -1.68. The molecular weight excluding hydrogens is 514 g/mol. The van der Waals surface area contributed by atoms with Gasteiger partial charge in [0.1, 0.15) is 11.6 Å². The van der Waals surface area contributed by atoms with Crippen LogP contribution in [-0.2, 0) is 31.7 Å². The van der Waals surface area contributed by atoms with E-state index in [9.17, 15) is 22.8 Å². The fourth-order valence-electron chi connectivity index (χ4n) is 4.03. The molecule has 0 saturated carbocycles. The van der Waals surface area contributed by atoms with Gasteiger partial charge in [-0.2, -0.15) is 0 Å². The number of likely N-dealkylation sites (N-methyl/N-ethyl adjacent to an activating group) is 1. The molecule has 0 radical (unpaired) electrons. The number of piperazine rings is 1. The average molecular weight is 542 g/mol. The molecule has 37 heavy (non-hydrogen) atoms. The van der Waals surface area contributed by atoms with Crippen molar-refractivity contribution in [2.45, 2.75) is 19.4 Å². The van der Waals surface area contributed by atoms with Crippen LogP contribution in [0.3, 0.4) is 0 Å². The largest absolute Gasteiger partial charge is 0.346 e. The molecule has 2 heterocycles. The lowest BCUT2D eigenvalue weighted by Gasteiger charge is -2.33. The number of thiazole rings is 1. The quantitative estimate of drug-likeness (QED) is 0.265. The van der Waals surface area contributed by atoms with Crippen molar-refractivity contribution in [2.75, 3.05) is 30.9 Å². The van der Waals surface area contributed by atoms with Crippen LogP contribution in [0.1, 0.15) is 24.2 Å². The lowest BCUT2D eigenvalue weighted by atomic mass is 10.0. The Kier molecular flexibility index (Phi) is 8.51. The molecule has 0 unspecified atom stereocenters. The molecule has 1 saturated heterocycles. The van der Waals surface area contributed by atoms with Crippen LogP contribution in [0.5, 0.6) is 0 Å². The third kappa shape index (κ3) is 6.71. The first-order valence-corrected chi connectivity index (χ1v) is 13.8. The lowest BCUT2D eigenvalue weighted by Crippen LogP contribution is -2.56. The monoisotopic (exact) mass is 541 g/mol. The number of nitrogens with one attached hydrogen (secondary N) is 2. The molecule has 12 heteroatoms. The molecular formula is C25H27N5O5S2. The van der Waals surface area contributed by atoms with Gasteiger partial charge in [0.15, 0.2) is 0 Å². The van der Waals surface area contributed by atoms with Crippen molar-refractivity contribution in [1.29, 1.82) is 0 Å². The summed E-state index contributed by atoms with van der Waals surface area (Å²) in [6, 6.07) is 16.0. The minimum atomic E-state index is -2.77. The third-order valence-corrected chi connectivity index (χ3v) is 7.31. The fourth-order valence-corrected chi connectivity index (χ4v) is 5.27. The SMILES string of the molecule is CCN1CCN(CC(=O)N[C@@H](Cc2ccc(N[SH](=O)=O)cc2)c2csc(-c3ccccc3)n2)C(=O)C1=O. The fraction of sp³-hybridized carbons (Fsp3) is 0.280. The summed E-state index contributed by atoms with van der Waals surface area (Å²) >= 11 is 1.46. The highest BCUT2D eigenvalue weighted by Crippen LogP contribution is 2.28. The van der Waals surface area contributed by atoms with Crippen LogP contribution in [0.4, 0.5) is 5.69 Å². The van der Waals surface area contributed by atoms with E-state index in [0.717, 1.165) is 16.1 Å². The Balaban J connectivity index is 1.52. The van der Waals surface area contributed by atoms with Gasteiger partial charge in [-0.25, -0.2) is 13.4 Å². The maximum absolute atomic E-state index is 13.0. The normalized spacial score (nSPS) is 14.6. The standard InChI is InChI=1S/C25H27N5O5S2/c1-2-29-12-13-30(25(33)24(29)32)15-22(31)26-20(14-17-8-10-19(11-9-17)28-37(34)35)21-16-36-23(27-21)18-6-4-3-5-7-18/h3-11,16,20,37H,2,12-15H2,1H3,(H,26,31)(H,28,34,35)/t20-/m0/s1. The zero-order chi connectivity index (χ0) is 26.4. The number of benzene rings is 2. The van der Waals surface area contributed by atoms with Crippen molar-refractivity contribution in [3.05, 3.63) is 71.2 Å². The lowest BCUT2D eigenvalue weighted by molar-refractivity contribution is -0.156. The summed E-state index contributed by atoms with van der Waals surface area (Å²) in [5.41, 5.74) is 2.92. The van der Waals surface area contributed by atoms with Crippen LogP contribution >= 0.6 is 11.3 Å². The zero-order valence-corrected chi connectivity index (χ0v) is 21.8. The van der Waals surface area contributed by atoms with Gasteiger partial charge in [0, 0.05) is 36.3 Å². The topological polar surface area (TPSA) is 129 Å². The maximum Gasteiger partial charge on any atom is 0.312 e. The number of carbonyl (C=O) groups excluding carboxylic acids is 3. The Morgan fingerprint density at radius 3 is 2.38 bits per heavy atom. The molecule has 194 valence electrons. The number of anilines is 1. The summed E-state index contributed by atoms with van der Waals surface area (Å²) < 4.78 is 24.2. The molecule has 0 bridgehead atoms. The number of nitrogens with zero attached hydrogens (tertiary/aromatic N) is 3. The third-order valence-electron chi connectivity index (χ3n) is 5.96.